The van der Waals surface area contributed by atoms with Gasteiger partial charge in [0.2, 0.25) is 0 Å². The summed E-state index contributed by atoms with van der Waals surface area (Å²) in [4.78, 5) is 28.8. The van der Waals surface area contributed by atoms with Gasteiger partial charge in [-0.2, -0.15) is 5.26 Å². The molecule has 0 radical (unpaired) electrons. The smallest absolute Gasteiger partial charge is 0.464 e. The molecule has 2 amide bonds. The number of rotatable bonds is 8. The Hall–Kier alpha value is -3.47. The number of alkyl halides is 2. The van der Waals surface area contributed by atoms with Crippen molar-refractivity contribution in [1.29, 1.82) is 5.26 Å². The lowest BCUT2D eigenvalue weighted by atomic mass is 9.76. The summed E-state index contributed by atoms with van der Waals surface area (Å²) >= 11 is 0. The van der Waals surface area contributed by atoms with Gasteiger partial charge in [-0.15, -0.1) is 0 Å². The van der Waals surface area contributed by atoms with Gasteiger partial charge in [0.15, 0.2) is 0 Å². The third-order valence-electron chi connectivity index (χ3n) is 7.44. The molecule has 0 saturated carbocycles. The van der Waals surface area contributed by atoms with Gasteiger partial charge in [-0.25, -0.2) is 13.6 Å². The molecule has 10 nitrogen and oxygen atoms in total. The van der Waals surface area contributed by atoms with Crippen molar-refractivity contribution in [2.75, 3.05) is 26.2 Å². The van der Waals surface area contributed by atoms with Crippen LogP contribution in [0.4, 0.5) is 13.6 Å². The number of ether oxygens (including phenoxy) is 1. The fourth-order valence-electron chi connectivity index (χ4n) is 5.20. The number of piperidine rings is 1. The van der Waals surface area contributed by atoms with Crippen molar-refractivity contribution in [3.05, 3.63) is 47.7 Å². The summed E-state index contributed by atoms with van der Waals surface area (Å²) in [6, 6.07) is 9.14. The van der Waals surface area contributed by atoms with Crippen LogP contribution in [0, 0.1) is 11.3 Å². The maximum absolute atomic E-state index is 13.7. The molecule has 0 spiro atoms. The molecule has 0 unspecified atom stereocenters. The number of carbonyl (C=O) groups is 2. The van der Waals surface area contributed by atoms with Crippen molar-refractivity contribution < 1.29 is 37.6 Å². The van der Waals surface area contributed by atoms with Crippen LogP contribution >= 0.6 is 0 Å². The Morgan fingerprint density at radius 2 is 2.10 bits per heavy atom. The van der Waals surface area contributed by atoms with E-state index in [9.17, 15) is 33.7 Å². The second-order valence-electron chi connectivity index (χ2n) is 10.9. The van der Waals surface area contributed by atoms with Crippen LogP contribution in [0.5, 0.6) is 0 Å². The molecule has 1 aromatic heterocycles. The molecule has 2 aromatic rings. The third-order valence-corrected chi connectivity index (χ3v) is 7.44. The Bertz CT molecular complexity index is 1310. The first-order valence-electron chi connectivity index (χ1n) is 13.2. The Morgan fingerprint density at radius 1 is 1.35 bits per heavy atom. The van der Waals surface area contributed by atoms with Crippen LogP contribution in [0.25, 0.3) is 11.0 Å². The molecule has 2 fully saturated rings. The van der Waals surface area contributed by atoms with Gasteiger partial charge in [-0.3, -0.25) is 9.69 Å². The minimum atomic E-state index is -2.81. The summed E-state index contributed by atoms with van der Waals surface area (Å²) in [6.45, 7) is 3.45. The normalized spacial score (nSPS) is 20.7. The van der Waals surface area contributed by atoms with Crippen LogP contribution < -0.4 is 5.32 Å². The van der Waals surface area contributed by atoms with Gasteiger partial charge in [0.1, 0.15) is 23.3 Å². The molecule has 2 aliphatic rings. The molecule has 40 heavy (non-hydrogen) atoms. The number of nitrogens with one attached hydrogen (secondary N) is 1. The average Bonchev–Trinajstić information content (AvgIpc) is 3.49. The predicted molar refractivity (Wildman–Crippen MR) is 142 cm³/mol. The van der Waals surface area contributed by atoms with E-state index in [-0.39, 0.29) is 31.5 Å². The molecule has 214 valence electrons. The molecule has 2 saturated heterocycles. The summed E-state index contributed by atoms with van der Waals surface area (Å²) in [7, 11) is -1.87. The number of hydrogen-bond donors (Lipinski definition) is 3. The Balaban J connectivity index is 1.36. The van der Waals surface area contributed by atoms with Crippen molar-refractivity contribution in [2.24, 2.45) is 0 Å². The molecule has 3 heterocycles. The van der Waals surface area contributed by atoms with E-state index in [0.29, 0.717) is 30.5 Å². The fourth-order valence-corrected chi connectivity index (χ4v) is 5.20. The maximum Gasteiger partial charge on any atom is 0.475 e. The number of benzene rings is 1. The van der Waals surface area contributed by atoms with E-state index in [1.807, 2.05) is 24.3 Å². The first kappa shape index (κ1) is 29.5. The number of amides is 2. The highest BCUT2D eigenvalue weighted by atomic mass is 19.3. The van der Waals surface area contributed by atoms with Gasteiger partial charge in [-0.1, -0.05) is 18.2 Å². The SMILES string of the molecule is CC(C)(C=C(C#N)C(=O)N1CCC[C@H](OC(=O)N[C@@H](Cc2coc3ccccc23)B(O)O)C1)N1CCC(F)(F)C1. The monoisotopic (exact) mass is 558 g/mol. The van der Waals surface area contributed by atoms with Crippen LogP contribution in [0.1, 0.15) is 38.7 Å². The zero-order valence-corrected chi connectivity index (χ0v) is 22.5. The minimum absolute atomic E-state index is 0.0339. The molecule has 0 bridgehead atoms. The van der Waals surface area contributed by atoms with E-state index >= 15 is 0 Å². The second-order valence-corrected chi connectivity index (χ2v) is 10.9. The lowest BCUT2D eigenvalue weighted by molar-refractivity contribution is -0.129. The van der Waals surface area contributed by atoms with E-state index in [1.165, 1.54) is 17.2 Å². The van der Waals surface area contributed by atoms with Crippen molar-refractivity contribution >= 4 is 30.1 Å². The van der Waals surface area contributed by atoms with Gasteiger partial charge < -0.3 is 29.4 Å². The van der Waals surface area contributed by atoms with Crippen LogP contribution in [0.3, 0.4) is 0 Å². The standard InChI is InChI=1S/C27H33BF2N4O6/c1-26(2,34-11-9-27(29,30)17-34)13-19(14-31)24(35)33-10-5-6-20(15-33)40-25(36)32-23(28(37)38)12-18-16-39-22-8-4-3-7-21(18)22/h3-4,7-8,13,16,20,23,37-38H,5-6,9-12,15,17H2,1-2H3,(H,32,36)/t20-,23-/m0/s1. The first-order valence-corrected chi connectivity index (χ1v) is 13.2. The van der Waals surface area contributed by atoms with E-state index in [1.54, 1.807) is 24.8 Å². The molecule has 2 aliphatic heterocycles. The van der Waals surface area contributed by atoms with Crippen LogP contribution in [-0.2, 0) is 16.0 Å². The molecule has 13 heteroatoms. The lowest BCUT2D eigenvalue weighted by Gasteiger charge is -2.35. The van der Waals surface area contributed by atoms with E-state index in [2.05, 4.69) is 5.32 Å². The highest BCUT2D eigenvalue weighted by Gasteiger charge is 2.43. The zero-order chi connectivity index (χ0) is 29.1. The molecule has 1 aromatic carbocycles. The number of nitriles is 1. The number of nitrogens with zero attached hydrogens (tertiary/aromatic N) is 3. The molecular weight excluding hydrogens is 525 g/mol. The second kappa shape index (κ2) is 12.0. The number of likely N-dealkylation sites (tertiary alicyclic amines) is 2. The largest absolute Gasteiger partial charge is 0.475 e. The Labute approximate surface area is 231 Å². The number of alkyl carbamates (subject to hydrolysis) is 1. The summed E-state index contributed by atoms with van der Waals surface area (Å²) in [5.41, 5.74) is 0.207. The Kier molecular flexibility index (Phi) is 8.82. The summed E-state index contributed by atoms with van der Waals surface area (Å²) < 4.78 is 38.5. The van der Waals surface area contributed by atoms with Crippen molar-refractivity contribution in [1.82, 2.24) is 15.1 Å². The van der Waals surface area contributed by atoms with Gasteiger partial charge in [0.25, 0.3) is 11.8 Å². The highest BCUT2D eigenvalue weighted by Crippen LogP contribution is 2.33. The maximum atomic E-state index is 13.7. The van der Waals surface area contributed by atoms with E-state index in [4.69, 9.17) is 9.15 Å². The number of furan rings is 1. The number of fused-ring (bicyclic) bond motifs is 1. The third kappa shape index (κ3) is 6.99. The highest BCUT2D eigenvalue weighted by molar-refractivity contribution is 6.43. The predicted octanol–water partition coefficient (Wildman–Crippen LogP) is 2.64. The number of para-hydroxylation sites is 1. The summed E-state index contributed by atoms with van der Waals surface area (Å²) in [6.07, 6.45) is 2.13. The molecule has 2 atom stereocenters. The quantitative estimate of drug-likeness (QED) is 0.255. The fraction of sp³-hybridized carbons (Fsp3) is 0.519. The summed E-state index contributed by atoms with van der Waals surface area (Å²) in [5, 5.41) is 32.7. The Morgan fingerprint density at radius 3 is 2.77 bits per heavy atom. The molecule has 3 N–H and O–H groups in total. The number of hydrogen-bond acceptors (Lipinski definition) is 8. The number of carbonyl (C=O) groups excluding carboxylic acids is 2. The van der Waals surface area contributed by atoms with Gasteiger partial charge in [0, 0.05) is 30.4 Å². The topological polar surface area (TPSA) is 139 Å². The minimum Gasteiger partial charge on any atom is -0.464 e. The molecule has 0 aliphatic carbocycles. The molecule has 4 rings (SSSR count). The van der Waals surface area contributed by atoms with Crippen LogP contribution in [-0.4, -0.2) is 88.7 Å². The number of halogens is 2. The van der Waals surface area contributed by atoms with E-state index < -0.39 is 49.2 Å². The van der Waals surface area contributed by atoms with E-state index in [0.717, 1.165) is 5.39 Å². The van der Waals surface area contributed by atoms with Crippen LogP contribution in [0.15, 0.2) is 46.6 Å². The van der Waals surface area contributed by atoms with Crippen molar-refractivity contribution in [3.63, 3.8) is 0 Å². The lowest BCUT2D eigenvalue weighted by Crippen LogP contribution is -2.50. The van der Waals surface area contributed by atoms with Crippen LogP contribution in [0.2, 0.25) is 0 Å². The van der Waals surface area contributed by atoms with Crippen molar-refractivity contribution in [2.45, 2.75) is 63.0 Å². The van der Waals surface area contributed by atoms with Gasteiger partial charge >= 0.3 is 13.2 Å². The average molecular weight is 558 g/mol. The summed E-state index contributed by atoms with van der Waals surface area (Å²) in [5.74, 6) is -4.45. The first-order chi connectivity index (χ1) is 18.9. The van der Waals surface area contributed by atoms with Crippen molar-refractivity contribution in [3.8, 4) is 6.07 Å². The van der Waals surface area contributed by atoms with Gasteiger partial charge in [-0.05, 0) is 50.8 Å². The zero-order valence-electron chi connectivity index (χ0n) is 22.5. The molecular formula is C27H33BF2N4O6. The van der Waals surface area contributed by atoms with Gasteiger partial charge in [0.05, 0.1) is 25.3 Å².